The monoisotopic (exact) mass is 439 g/mol. The molecule has 0 aromatic heterocycles. The summed E-state index contributed by atoms with van der Waals surface area (Å²) in [4.78, 5) is 12.7. The molecule has 1 saturated carbocycles. The van der Waals surface area contributed by atoms with Gasteiger partial charge in [-0.05, 0) is 52.9 Å². The Kier molecular flexibility index (Phi) is 7.72. The lowest BCUT2D eigenvalue weighted by Gasteiger charge is -2.42. The minimum absolute atomic E-state index is 0.0245. The van der Waals surface area contributed by atoms with E-state index in [0.717, 1.165) is 19.3 Å². The number of amides is 1. The van der Waals surface area contributed by atoms with E-state index in [-0.39, 0.29) is 47.4 Å². The van der Waals surface area contributed by atoms with E-state index in [1.54, 1.807) is 7.11 Å². The first-order chi connectivity index (χ1) is 14.7. The molecule has 3 aliphatic rings. The van der Waals surface area contributed by atoms with Crippen molar-refractivity contribution < 1.29 is 28.5 Å². The molecule has 7 atom stereocenters. The Bertz CT molecular complexity index is 656. The Morgan fingerprint density at radius 2 is 2.03 bits per heavy atom. The van der Waals surface area contributed by atoms with Gasteiger partial charge in [0.25, 0.3) is 0 Å². The van der Waals surface area contributed by atoms with E-state index in [1.807, 2.05) is 6.92 Å². The summed E-state index contributed by atoms with van der Waals surface area (Å²) in [5, 5.41) is 2.98. The van der Waals surface area contributed by atoms with E-state index < -0.39 is 6.09 Å². The standard InChI is InChI=1S/C24H41NO6/c1-8-28-13-17(16(4)5)25-22(26)30-18-11-12-24(14-29-24)21(20(18)27-7)23(6)19(31-23)10-9-15(2)3/h9,16-21H,8,10-14H2,1-7H3,(H,25,26)/t17-,18+,19+,20+,21+,23-,24-/m0/s1. The van der Waals surface area contributed by atoms with Gasteiger partial charge >= 0.3 is 6.09 Å². The normalized spacial score (nSPS) is 37.4. The first-order valence-corrected chi connectivity index (χ1v) is 11.7. The molecule has 7 nitrogen and oxygen atoms in total. The maximum atomic E-state index is 12.7. The molecule has 178 valence electrons. The summed E-state index contributed by atoms with van der Waals surface area (Å²) in [7, 11) is 1.69. The number of allylic oxidation sites excluding steroid dienone is 1. The van der Waals surface area contributed by atoms with E-state index in [0.29, 0.717) is 19.8 Å². The highest BCUT2D eigenvalue weighted by atomic mass is 16.6. The molecule has 2 saturated heterocycles. The fraction of sp³-hybridized carbons (Fsp3) is 0.875. The molecule has 3 fully saturated rings. The van der Waals surface area contributed by atoms with Crippen LogP contribution >= 0.6 is 0 Å². The van der Waals surface area contributed by atoms with Crippen molar-refractivity contribution in [2.45, 2.75) is 96.4 Å². The van der Waals surface area contributed by atoms with Gasteiger partial charge in [-0.1, -0.05) is 25.5 Å². The zero-order valence-corrected chi connectivity index (χ0v) is 20.2. The van der Waals surface area contributed by atoms with Crippen molar-refractivity contribution in [1.29, 1.82) is 0 Å². The number of carbonyl (C=O) groups is 1. The van der Waals surface area contributed by atoms with Crippen molar-refractivity contribution in [1.82, 2.24) is 5.32 Å². The summed E-state index contributed by atoms with van der Waals surface area (Å²) < 4.78 is 29.6. The van der Waals surface area contributed by atoms with Crippen LogP contribution in [0.3, 0.4) is 0 Å². The molecule has 1 aliphatic carbocycles. The van der Waals surface area contributed by atoms with Crippen LogP contribution in [0.5, 0.6) is 0 Å². The molecule has 2 aliphatic heterocycles. The highest BCUT2D eigenvalue weighted by Gasteiger charge is 2.72. The predicted octanol–water partition coefficient (Wildman–Crippen LogP) is 3.85. The Balaban J connectivity index is 1.67. The third kappa shape index (κ3) is 5.44. The van der Waals surface area contributed by atoms with E-state index in [2.05, 4.69) is 46.0 Å². The summed E-state index contributed by atoms with van der Waals surface area (Å²) in [5.74, 6) is 0.269. The molecule has 1 amide bonds. The van der Waals surface area contributed by atoms with Crippen molar-refractivity contribution in [2.75, 3.05) is 26.9 Å². The Labute approximate surface area is 187 Å². The zero-order chi connectivity index (χ0) is 22.8. The quantitative estimate of drug-likeness (QED) is 0.411. The molecular formula is C24H41NO6. The van der Waals surface area contributed by atoms with E-state index in [4.69, 9.17) is 23.7 Å². The second-order valence-electron chi connectivity index (χ2n) is 9.98. The number of alkyl carbamates (subject to hydrolysis) is 1. The van der Waals surface area contributed by atoms with Gasteiger partial charge in [-0.2, -0.15) is 0 Å². The van der Waals surface area contributed by atoms with E-state index in [9.17, 15) is 4.79 Å². The molecule has 7 heteroatoms. The fourth-order valence-corrected chi connectivity index (χ4v) is 5.04. The average Bonchev–Trinajstić information content (AvgIpc) is 3.62. The number of methoxy groups -OCH3 is 1. The van der Waals surface area contributed by atoms with Gasteiger partial charge in [0, 0.05) is 13.7 Å². The van der Waals surface area contributed by atoms with Gasteiger partial charge in [0.05, 0.1) is 31.3 Å². The van der Waals surface area contributed by atoms with Crippen molar-refractivity contribution in [3.8, 4) is 0 Å². The molecule has 1 spiro atoms. The number of epoxide rings is 2. The fourth-order valence-electron chi connectivity index (χ4n) is 5.04. The van der Waals surface area contributed by atoms with Gasteiger partial charge in [-0.3, -0.25) is 0 Å². The number of nitrogens with one attached hydrogen (secondary N) is 1. The Hall–Kier alpha value is -1.15. The molecule has 0 radical (unpaired) electrons. The third-order valence-corrected chi connectivity index (χ3v) is 7.10. The Morgan fingerprint density at radius 3 is 2.58 bits per heavy atom. The largest absolute Gasteiger partial charge is 0.443 e. The minimum atomic E-state index is -0.417. The maximum absolute atomic E-state index is 12.7. The number of rotatable bonds is 10. The van der Waals surface area contributed by atoms with Gasteiger partial charge in [0.1, 0.15) is 23.4 Å². The van der Waals surface area contributed by atoms with Crippen LogP contribution in [0.25, 0.3) is 0 Å². The number of ether oxygens (including phenoxy) is 5. The van der Waals surface area contributed by atoms with Crippen LogP contribution < -0.4 is 5.32 Å². The molecule has 1 N–H and O–H groups in total. The number of carbonyl (C=O) groups excluding carboxylic acids is 1. The first-order valence-electron chi connectivity index (χ1n) is 11.7. The molecule has 3 rings (SSSR count). The van der Waals surface area contributed by atoms with Gasteiger partial charge in [0.15, 0.2) is 0 Å². The Morgan fingerprint density at radius 1 is 1.32 bits per heavy atom. The van der Waals surface area contributed by atoms with Gasteiger partial charge in [-0.15, -0.1) is 0 Å². The molecule has 0 bridgehead atoms. The van der Waals surface area contributed by atoms with Gasteiger partial charge in [0.2, 0.25) is 0 Å². The SMILES string of the molecule is CCOC[C@H](NC(=O)O[C@@H]1CC[C@]2(CO2)[C@@H]([C@@]2(C)O[C@@H]2CC=C(C)C)[C@@H]1OC)C(C)C. The lowest BCUT2D eigenvalue weighted by atomic mass is 9.68. The summed E-state index contributed by atoms with van der Waals surface area (Å²) in [6.07, 6.45) is 3.76. The lowest BCUT2D eigenvalue weighted by Crippen LogP contribution is -2.56. The maximum Gasteiger partial charge on any atom is 0.407 e. The van der Waals surface area contributed by atoms with Crippen LogP contribution in [0.2, 0.25) is 0 Å². The average molecular weight is 440 g/mol. The van der Waals surface area contributed by atoms with Crippen molar-refractivity contribution >= 4 is 6.09 Å². The van der Waals surface area contributed by atoms with Crippen LogP contribution in [0, 0.1) is 11.8 Å². The second-order valence-corrected chi connectivity index (χ2v) is 9.98. The van der Waals surface area contributed by atoms with Crippen molar-refractivity contribution in [3.05, 3.63) is 11.6 Å². The van der Waals surface area contributed by atoms with E-state index in [1.165, 1.54) is 5.57 Å². The summed E-state index contributed by atoms with van der Waals surface area (Å²) >= 11 is 0. The van der Waals surface area contributed by atoms with Crippen LogP contribution in [-0.4, -0.2) is 68.6 Å². The second kappa shape index (κ2) is 9.77. The van der Waals surface area contributed by atoms with Crippen LogP contribution in [-0.2, 0) is 23.7 Å². The van der Waals surface area contributed by atoms with E-state index >= 15 is 0 Å². The van der Waals surface area contributed by atoms with Crippen molar-refractivity contribution in [3.63, 3.8) is 0 Å². The van der Waals surface area contributed by atoms with Crippen LogP contribution in [0.15, 0.2) is 11.6 Å². The summed E-state index contributed by atoms with van der Waals surface area (Å²) in [6.45, 7) is 14.2. The smallest absolute Gasteiger partial charge is 0.407 e. The number of hydrogen-bond acceptors (Lipinski definition) is 6. The molecule has 0 aromatic carbocycles. The van der Waals surface area contributed by atoms with Crippen LogP contribution in [0.1, 0.15) is 60.8 Å². The number of hydrogen-bond donors (Lipinski definition) is 1. The summed E-state index contributed by atoms with van der Waals surface area (Å²) in [6, 6.07) is -0.0938. The molecule has 2 heterocycles. The van der Waals surface area contributed by atoms with Gasteiger partial charge in [-0.25, -0.2) is 4.79 Å². The molecular weight excluding hydrogens is 398 g/mol. The van der Waals surface area contributed by atoms with Crippen molar-refractivity contribution in [2.24, 2.45) is 11.8 Å². The minimum Gasteiger partial charge on any atom is -0.443 e. The molecule has 0 unspecified atom stereocenters. The third-order valence-electron chi connectivity index (χ3n) is 7.10. The van der Waals surface area contributed by atoms with Gasteiger partial charge < -0.3 is 29.0 Å². The first kappa shape index (κ1) is 24.5. The van der Waals surface area contributed by atoms with Crippen LogP contribution in [0.4, 0.5) is 4.79 Å². The highest BCUT2D eigenvalue weighted by molar-refractivity contribution is 5.68. The summed E-state index contributed by atoms with van der Waals surface area (Å²) in [5.41, 5.74) is 0.727. The topological polar surface area (TPSA) is 81.9 Å². The molecule has 0 aromatic rings. The predicted molar refractivity (Wildman–Crippen MR) is 118 cm³/mol. The molecule has 31 heavy (non-hydrogen) atoms. The lowest BCUT2D eigenvalue weighted by molar-refractivity contribution is -0.118. The zero-order valence-electron chi connectivity index (χ0n) is 20.2. The highest BCUT2D eigenvalue weighted by Crippen LogP contribution is 2.59.